The number of hydrogen-bond acceptors (Lipinski definition) is 7. The lowest BCUT2D eigenvalue weighted by atomic mass is 10.00. The van der Waals surface area contributed by atoms with Gasteiger partial charge in [-0.05, 0) is 38.0 Å². The second kappa shape index (κ2) is 6.16. The van der Waals surface area contributed by atoms with Gasteiger partial charge in [0.1, 0.15) is 11.6 Å². The number of nitrogens with zero attached hydrogens (tertiary/aromatic N) is 6. The maximum absolute atomic E-state index is 4.55. The maximum atomic E-state index is 4.55. The highest BCUT2D eigenvalue weighted by Gasteiger charge is 2.29. The summed E-state index contributed by atoms with van der Waals surface area (Å²) in [5.74, 6) is 3.87. The van der Waals surface area contributed by atoms with Gasteiger partial charge in [0.15, 0.2) is 5.82 Å². The largest absolute Gasteiger partial charge is 0.369 e. The Morgan fingerprint density at radius 2 is 2.00 bits per heavy atom. The SMILES string of the molecule is Cc1nc(NCC2CN(c3ccc(C4CC4)nn3)C2)c2ccncc2n1. The van der Waals surface area contributed by atoms with E-state index < -0.39 is 0 Å². The van der Waals surface area contributed by atoms with Crippen LogP contribution in [-0.2, 0) is 0 Å². The number of aryl methyl sites for hydroxylation is 1. The van der Waals surface area contributed by atoms with E-state index in [0.29, 0.717) is 11.8 Å². The Hall–Kier alpha value is -2.83. The van der Waals surface area contributed by atoms with Crippen LogP contribution in [0.5, 0.6) is 0 Å². The third kappa shape index (κ3) is 2.94. The zero-order valence-corrected chi connectivity index (χ0v) is 14.8. The molecule has 0 spiro atoms. The lowest BCUT2D eigenvalue weighted by molar-refractivity contribution is 0.425. The lowest BCUT2D eigenvalue weighted by Crippen LogP contribution is -2.50. The van der Waals surface area contributed by atoms with E-state index in [1.54, 1.807) is 12.4 Å². The molecule has 7 heteroatoms. The first-order chi connectivity index (χ1) is 12.8. The molecule has 1 aliphatic carbocycles. The Bertz CT molecular complexity index is 930. The summed E-state index contributed by atoms with van der Waals surface area (Å²) in [6, 6.07) is 6.20. The lowest BCUT2D eigenvalue weighted by Gasteiger charge is -2.40. The number of anilines is 2. The van der Waals surface area contributed by atoms with Crippen molar-refractivity contribution < 1.29 is 0 Å². The van der Waals surface area contributed by atoms with E-state index in [1.165, 1.54) is 12.8 Å². The van der Waals surface area contributed by atoms with Crippen molar-refractivity contribution in [2.45, 2.75) is 25.7 Å². The van der Waals surface area contributed by atoms with Crippen LogP contribution >= 0.6 is 0 Å². The summed E-state index contributed by atoms with van der Waals surface area (Å²) in [5.41, 5.74) is 2.02. The molecule has 3 aromatic heterocycles. The van der Waals surface area contributed by atoms with Crippen molar-refractivity contribution >= 4 is 22.5 Å². The van der Waals surface area contributed by atoms with E-state index in [0.717, 1.165) is 53.7 Å². The van der Waals surface area contributed by atoms with Gasteiger partial charge in [-0.25, -0.2) is 9.97 Å². The number of hydrogen-bond donors (Lipinski definition) is 1. The Labute approximate surface area is 151 Å². The number of pyridine rings is 1. The normalized spacial score (nSPS) is 17.3. The van der Waals surface area contributed by atoms with Crippen LogP contribution in [0.15, 0.2) is 30.6 Å². The summed E-state index contributed by atoms with van der Waals surface area (Å²) in [6.45, 7) is 4.78. The molecule has 3 aromatic rings. The highest BCUT2D eigenvalue weighted by Crippen LogP contribution is 2.39. The molecule has 1 saturated carbocycles. The predicted octanol–water partition coefficient (Wildman–Crippen LogP) is 2.55. The quantitative estimate of drug-likeness (QED) is 0.760. The summed E-state index contributed by atoms with van der Waals surface area (Å²) in [6.07, 6.45) is 6.09. The van der Waals surface area contributed by atoms with Gasteiger partial charge in [0.25, 0.3) is 0 Å². The van der Waals surface area contributed by atoms with Gasteiger partial charge in [-0.2, -0.15) is 5.10 Å². The van der Waals surface area contributed by atoms with Crippen molar-refractivity contribution in [2.24, 2.45) is 5.92 Å². The molecule has 1 N–H and O–H groups in total. The molecular formula is C19H21N7. The second-order valence-electron chi connectivity index (χ2n) is 7.25. The molecule has 7 nitrogen and oxygen atoms in total. The predicted molar refractivity (Wildman–Crippen MR) is 100 cm³/mol. The van der Waals surface area contributed by atoms with Gasteiger partial charge in [-0.3, -0.25) is 4.98 Å². The Morgan fingerprint density at radius 3 is 2.77 bits per heavy atom. The third-order valence-electron chi connectivity index (χ3n) is 5.12. The van der Waals surface area contributed by atoms with Gasteiger partial charge in [-0.1, -0.05) is 0 Å². The minimum absolute atomic E-state index is 0.576. The summed E-state index contributed by atoms with van der Waals surface area (Å²) in [7, 11) is 0. The molecule has 0 aromatic carbocycles. The maximum Gasteiger partial charge on any atom is 0.151 e. The average Bonchev–Trinajstić information content (AvgIpc) is 3.46. The highest BCUT2D eigenvalue weighted by molar-refractivity contribution is 5.88. The molecule has 0 amide bonds. The van der Waals surface area contributed by atoms with Crippen molar-refractivity contribution in [2.75, 3.05) is 29.9 Å². The molecular weight excluding hydrogens is 326 g/mol. The van der Waals surface area contributed by atoms with Gasteiger partial charge in [0.05, 0.1) is 17.4 Å². The molecule has 0 radical (unpaired) electrons. The fourth-order valence-corrected chi connectivity index (χ4v) is 3.46. The van der Waals surface area contributed by atoms with Crippen molar-refractivity contribution in [3.8, 4) is 0 Å². The van der Waals surface area contributed by atoms with Crippen LogP contribution in [0.25, 0.3) is 10.9 Å². The van der Waals surface area contributed by atoms with E-state index >= 15 is 0 Å². The van der Waals surface area contributed by atoms with Gasteiger partial charge in [0, 0.05) is 43.1 Å². The number of fused-ring (bicyclic) bond motifs is 1. The molecule has 5 rings (SSSR count). The average molecular weight is 347 g/mol. The van der Waals surface area contributed by atoms with Gasteiger partial charge < -0.3 is 10.2 Å². The molecule has 26 heavy (non-hydrogen) atoms. The van der Waals surface area contributed by atoms with E-state index in [9.17, 15) is 0 Å². The van der Waals surface area contributed by atoms with Crippen LogP contribution in [0, 0.1) is 12.8 Å². The Kier molecular flexibility index (Phi) is 3.65. The summed E-state index contributed by atoms with van der Waals surface area (Å²) >= 11 is 0. The van der Waals surface area contributed by atoms with Crippen molar-refractivity contribution in [3.05, 3.63) is 42.1 Å². The summed E-state index contributed by atoms with van der Waals surface area (Å²) in [4.78, 5) is 15.4. The van der Waals surface area contributed by atoms with Crippen molar-refractivity contribution in [1.29, 1.82) is 0 Å². The van der Waals surface area contributed by atoms with E-state index in [2.05, 4.69) is 47.5 Å². The van der Waals surface area contributed by atoms with Crippen LogP contribution in [0.1, 0.15) is 30.3 Å². The monoisotopic (exact) mass is 347 g/mol. The van der Waals surface area contributed by atoms with Crippen LogP contribution < -0.4 is 10.2 Å². The molecule has 1 saturated heterocycles. The Balaban J connectivity index is 1.20. The molecule has 1 aliphatic heterocycles. The number of aromatic nitrogens is 5. The minimum Gasteiger partial charge on any atom is -0.369 e. The first kappa shape index (κ1) is 15.4. The Morgan fingerprint density at radius 1 is 1.12 bits per heavy atom. The van der Waals surface area contributed by atoms with Crippen LogP contribution in [0.2, 0.25) is 0 Å². The van der Waals surface area contributed by atoms with Gasteiger partial charge in [0.2, 0.25) is 0 Å². The topological polar surface area (TPSA) is 79.7 Å². The molecule has 0 atom stereocenters. The van der Waals surface area contributed by atoms with Gasteiger partial charge >= 0.3 is 0 Å². The van der Waals surface area contributed by atoms with Gasteiger partial charge in [-0.15, -0.1) is 5.10 Å². The molecule has 132 valence electrons. The molecule has 4 heterocycles. The molecule has 0 unspecified atom stereocenters. The molecule has 2 aliphatic rings. The molecule has 2 fully saturated rings. The number of nitrogens with one attached hydrogen (secondary N) is 1. The fraction of sp³-hybridized carbons (Fsp3) is 0.421. The van der Waals surface area contributed by atoms with Crippen molar-refractivity contribution in [3.63, 3.8) is 0 Å². The zero-order chi connectivity index (χ0) is 17.5. The standard InChI is InChI=1S/C19H21N7/c1-12-22-17-9-20-7-6-15(17)19(23-12)21-8-13-10-26(11-13)18-5-4-16(24-25-18)14-2-3-14/h4-7,9,13-14H,2-3,8,10-11H2,1H3,(H,21,22,23). The summed E-state index contributed by atoms with van der Waals surface area (Å²) < 4.78 is 0. The van der Waals surface area contributed by atoms with Crippen LogP contribution in [0.4, 0.5) is 11.6 Å². The highest BCUT2D eigenvalue weighted by atomic mass is 15.3. The first-order valence-corrected chi connectivity index (χ1v) is 9.17. The zero-order valence-electron chi connectivity index (χ0n) is 14.8. The van der Waals surface area contributed by atoms with Crippen LogP contribution in [-0.4, -0.2) is 44.8 Å². The van der Waals surface area contributed by atoms with Crippen molar-refractivity contribution in [1.82, 2.24) is 25.1 Å². The summed E-state index contributed by atoms with van der Waals surface area (Å²) in [5, 5.41) is 13.3. The van der Waals surface area contributed by atoms with E-state index in [-0.39, 0.29) is 0 Å². The first-order valence-electron chi connectivity index (χ1n) is 9.17. The third-order valence-corrected chi connectivity index (χ3v) is 5.12. The van der Waals surface area contributed by atoms with E-state index in [1.807, 2.05) is 13.0 Å². The minimum atomic E-state index is 0.576. The van der Waals surface area contributed by atoms with E-state index in [4.69, 9.17) is 0 Å². The van der Waals surface area contributed by atoms with Crippen LogP contribution in [0.3, 0.4) is 0 Å². The molecule has 0 bridgehead atoms. The number of rotatable bonds is 5. The second-order valence-corrected chi connectivity index (χ2v) is 7.25. The fourth-order valence-electron chi connectivity index (χ4n) is 3.46. The smallest absolute Gasteiger partial charge is 0.151 e.